The van der Waals surface area contributed by atoms with Crippen LogP contribution in [-0.4, -0.2) is 18.5 Å². The van der Waals surface area contributed by atoms with Gasteiger partial charge in [-0.2, -0.15) is 0 Å². The lowest BCUT2D eigenvalue weighted by molar-refractivity contribution is -0.121. The third-order valence-electron chi connectivity index (χ3n) is 2.34. The highest BCUT2D eigenvalue weighted by Gasteiger charge is 2.06. The molecule has 88 valence electrons. The van der Waals surface area contributed by atoms with Crippen molar-refractivity contribution in [3.05, 3.63) is 34.3 Å². The van der Waals surface area contributed by atoms with Crippen LogP contribution in [0.5, 0.6) is 0 Å². The van der Waals surface area contributed by atoms with E-state index >= 15 is 0 Å². The molecular formula is C12H17BrN2O. The van der Waals surface area contributed by atoms with Gasteiger partial charge < -0.3 is 11.1 Å². The molecule has 0 radical (unpaired) electrons. The Morgan fingerprint density at radius 1 is 1.50 bits per heavy atom. The minimum absolute atomic E-state index is 0.0479. The van der Waals surface area contributed by atoms with Gasteiger partial charge in [-0.15, -0.1) is 0 Å². The Labute approximate surface area is 105 Å². The van der Waals surface area contributed by atoms with Crippen molar-refractivity contribution in [2.24, 2.45) is 5.73 Å². The van der Waals surface area contributed by atoms with Gasteiger partial charge in [0.2, 0.25) is 5.91 Å². The molecule has 0 aromatic heterocycles. The lowest BCUT2D eigenvalue weighted by atomic mass is 10.1. The monoisotopic (exact) mass is 284 g/mol. The molecule has 0 bridgehead atoms. The predicted octanol–water partition coefficient (Wildman–Crippen LogP) is 1.85. The molecule has 0 fully saturated rings. The van der Waals surface area contributed by atoms with Gasteiger partial charge in [0.15, 0.2) is 0 Å². The number of benzene rings is 1. The number of amides is 1. The molecule has 0 saturated heterocycles. The smallest absolute Gasteiger partial charge is 0.220 e. The minimum Gasteiger partial charge on any atom is -0.352 e. The Morgan fingerprint density at radius 3 is 2.81 bits per heavy atom. The van der Waals surface area contributed by atoms with Gasteiger partial charge in [-0.1, -0.05) is 34.1 Å². The van der Waals surface area contributed by atoms with Crippen molar-refractivity contribution >= 4 is 21.8 Å². The molecule has 1 atom stereocenters. The van der Waals surface area contributed by atoms with Gasteiger partial charge in [-0.05, 0) is 25.0 Å². The summed E-state index contributed by atoms with van der Waals surface area (Å²) in [5, 5.41) is 2.84. The summed E-state index contributed by atoms with van der Waals surface area (Å²) in [6, 6.07) is 7.98. The molecule has 1 aromatic rings. The summed E-state index contributed by atoms with van der Waals surface area (Å²) < 4.78 is 1.05. The third-order valence-corrected chi connectivity index (χ3v) is 3.11. The molecule has 3 nitrogen and oxygen atoms in total. The van der Waals surface area contributed by atoms with Gasteiger partial charge in [0.05, 0.1) is 0 Å². The highest BCUT2D eigenvalue weighted by atomic mass is 79.9. The number of rotatable bonds is 5. The number of nitrogens with two attached hydrogens (primary N) is 1. The van der Waals surface area contributed by atoms with Crippen LogP contribution in [0.4, 0.5) is 0 Å². The average molecular weight is 285 g/mol. The van der Waals surface area contributed by atoms with Crippen molar-refractivity contribution in [1.29, 1.82) is 0 Å². The van der Waals surface area contributed by atoms with Crippen LogP contribution in [0, 0.1) is 0 Å². The fourth-order valence-corrected chi connectivity index (χ4v) is 1.84. The highest BCUT2D eigenvalue weighted by molar-refractivity contribution is 9.10. The first-order valence-corrected chi connectivity index (χ1v) is 6.15. The van der Waals surface area contributed by atoms with Crippen LogP contribution in [-0.2, 0) is 11.2 Å². The van der Waals surface area contributed by atoms with Crippen LogP contribution in [0.1, 0.15) is 18.9 Å². The maximum absolute atomic E-state index is 11.5. The van der Waals surface area contributed by atoms with Gasteiger partial charge >= 0.3 is 0 Å². The summed E-state index contributed by atoms with van der Waals surface area (Å²) in [5.41, 5.74) is 6.58. The van der Waals surface area contributed by atoms with Crippen LogP contribution in [0.25, 0.3) is 0 Å². The number of halogens is 1. The molecule has 0 aliphatic carbocycles. The van der Waals surface area contributed by atoms with Crippen LogP contribution in [0.3, 0.4) is 0 Å². The summed E-state index contributed by atoms with van der Waals surface area (Å²) in [4.78, 5) is 11.5. The number of aryl methyl sites for hydroxylation is 1. The number of hydrogen-bond donors (Lipinski definition) is 2. The summed E-state index contributed by atoms with van der Waals surface area (Å²) in [5.74, 6) is 0.0497. The van der Waals surface area contributed by atoms with E-state index in [4.69, 9.17) is 5.73 Å². The summed E-state index contributed by atoms with van der Waals surface area (Å²) in [6.45, 7) is 2.37. The van der Waals surface area contributed by atoms with Crippen molar-refractivity contribution in [3.63, 3.8) is 0 Å². The molecule has 0 unspecified atom stereocenters. The molecule has 1 aromatic carbocycles. The van der Waals surface area contributed by atoms with E-state index in [0.717, 1.165) is 16.5 Å². The molecule has 0 spiro atoms. The van der Waals surface area contributed by atoms with Crippen molar-refractivity contribution in [3.8, 4) is 0 Å². The van der Waals surface area contributed by atoms with Gasteiger partial charge in [-0.3, -0.25) is 4.79 Å². The van der Waals surface area contributed by atoms with Gasteiger partial charge in [0, 0.05) is 23.5 Å². The number of carbonyl (C=O) groups excluding carboxylic acids is 1. The topological polar surface area (TPSA) is 55.1 Å². The standard InChI is InChI=1S/C12H17BrN2O/c1-9(8-14)15-12(16)7-6-10-4-2-3-5-11(10)13/h2-5,9H,6-8,14H2,1H3,(H,15,16)/t9-/m0/s1. The van der Waals surface area contributed by atoms with Crippen molar-refractivity contribution in [2.75, 3.05) is 6.54 Å². The van der Waals surface area contributed by atoms with Gasteiger partial charge in [-0.25, -0.2) is 0 Å². The zero-order chi connectivity index (χ0) is 12.0. The lowest BCUT2D eigenvalue weighted by Crippen LogP contribution is -2.37. The minimum atomic E-state index is 0.0479. The first-order chi connectivity index (χ1) is 7.63. The van der Waals surface area contributed by atoms with Crippen LogP contribution < -0.4 is 11.1 Å². The largest absolute Gasteiger partial charge is 0.352 e. The Kier molecular flexibility index (Phi) is 5.49. The molecule has 0 heterocycles. The zero-order valence-electron chi connectivity index (χ0n) is 9.37. The van der Waals surface area contributed by atoms with E-state index in [9.17, 15) is 4.79 Å². The lowest BCUT2D eigenvalue weighted by Gasteiger charge is -2.11. The highest BCUT2D eigenvalue weighted by Crippen LogP contribution is 2.17. The molecular weight excluding hydrogens is 268 g/mol. The predicted molar refractivity (Wildman–Crippen MR) is 69.1 cm³/mol. The summed E-state index contributed by atoms with van der Waals surface area (Å²) in [7, 11) is 0. The second-order valence-electron chi connectivity index (χ2n) is 3.80. The van der Waals surface area contributed by atoms with Crippen LogP contribution >= 0.6 is 15.9 Å². The second-order valence-corrected chi connectivity index (χ2v) is 4.65. The second kappa shape index (κ2) is 6.66. The van der Waals surface area contributed by atoms with E-state index in [2.05, 4.69) is 21.2 Å². The maximum Gasteiger partial charge on any atom is 0.220 e. The van der Waals surface area contributed by atoms with Crippen molar-refractivity contribution in [2.45, 2.75) is 25.8 Å². The number of carbonyl (C=O) groups is 1. The molecule has 1 amide bonds. The van der Waals surface area contributed by atoms with Crippen LogP contribution in [0.15, 0.2) is 28.7 Å². The van der Waals surface area contributed by atoms with Gasteiger partial charge in [0.1, 0.15) is 0 Å². The summed E-state index contributed by atoms with van der Waals surface area (Å²) >= 11 is 3.46. The van der Waals surface area contributed by atoms with E-state index in [0.29, 0.717) is 13.0 Å². The fourth-order valence-electron chi connectivity index (χ4n) is 1.36. The van der Waals surface area contributed by atoms with Crippen molar-refractivity contribution in [1.82, 2.24) is 5.32 Å². The number of nitrogens with one attached hydrogen (secondary N) is 1. The molecule has 1 rings (SSSR count). The van der Waals surface area contributed by atoms with Gasteiger partial charge in [0.25, 0.3) is 0 Å². The van der Waals surface area contributed by atoms with E-state index in [1.54, 1.807) is 0 Å². The molecule has 0 aliphatic rings. The summed E-state index contributed by atoms with van der Waals surface area (Å²) in [6.07, 6.45) is 1.23. The Bertz CT molecular complexity index is 355. The molecule has 3 N–H and O–H groups in total. The SMILES string of the molecule is C[C@@H](CN)NC(=O)CCc1ccccc1Br. The van der Waals surface area contributed by atoms with E-state index in [1.807, 2.05) is 31.2 Å². The number of hydrogen-bond acceptors (Lipinski definition) is 2. The Balaban J connectivity index is 2.40. The Morgan fingerprint density at radius 2 is 2.19 bits per heavy atom. The quantitative estimate of drug-likeness (QED) is 0.867. The van der Waals surface area contributed by atoms with Crippen molar-refractivity contribution < 1.29 is 4.79 Å². The molecule has 0 saturated carbocycles. The third kappa shape index (κ3) is 4.33. The van der Waals surface area contributed by atoms with E-state index in [-0.39, 0.29) is 11.9 Å². The van der Waals surface area contributed by atoms with Crippen LogP contribution in [0.2, 0.25) is 0 Å². The average Bonchev–Trinajstić information content (AvgIpc) is 2.28. The van der Waals surface area contributed by atoms with E-state index in [1.165, 1.54) is 0 Å². The first kappa shape index (κ1) is 13.2. The molecule has 16 heavy (non-hydrogen) atoms. The normalized spacial score (nSPS) is 12.2. The Hall–Kier alpha value is -0.870. The maximum atomic E-state index is 11.5. The van der Waals surface area contributed by atoms with E-state index < -0.39 is 0 Å². The zero-order valence-corrected chi connectivity index (χ0v) is 11.0. The first-order valence-electron chi connectivity index (χ1n) is 5.36. The fraction of sp³-hybridized carbons (Fsp3) is 0.417. The molecule has 4 heteroatoms. The molecule has 0 aliphatic heterocycles.